The number of nitrogens with two attached hydrogens (primary N) is 1. The molecule has 1 aromatic heterocycles. The number of nitrogens with zero attached hydrogens (tertiary/aromatic N) is 2. The molecule has 2 atom stereocenters. The number of hydrogen-bond donors (Lipinski definition) is 1. The molecule has 1 fully saturated rings. The van der Waals surface area contributed by atoms with Crippen LogP contribution in [0.1, 0.15) is 17.2 Å². The Hall–Kier alpha value is -1.85. The van der Waals surface area contributed by atoms with E-state index in [9.17, 15) is 0 Å². The van der Waals surface area contributed by atoms with Gasteiger partial charge in [-0.05, 0) is 36.2 Å². The Balaban J connectivity index is 0.00000210. The van der Waals surface area contributed by atoms with Crippen molar-refractivity contribution in [3.63, 3.8) is 0 Å². The minimum absolute atomic E-state index is 0. The lowest BCUT2D eigenvalue weighted by molar-refractivity contribution is 0.312. The highest BCUT2D eigenvalue weighted by atomic mass is 35.5. The van der Waals surface area contributed by atoms with Gasteiger partial charge in [-0.15, -0.1) is 12.4 Å². The lowest BCUT2D eigenvalue weighted by Crippen LogP contribution is -2.23. The summed E-state index contributed by atoms with van der Waals surface area (Å²) in [5.41, 5.74) is 9.23. The van der Waals surface area contributed by atoms with Crippen LogP contribution < -0.4 is 5.73 Å². The van der Waals surface area contributed by atoms with Gasteiger partial charge >= 0.3 is 0 Å². The van der Waals surface area contributed by atoms with Crippen molar-refractivity contribution in [1.29, 1.82) is 0 Å². The normalized spacial score (nSPS) is 19.8. The summed E-state index contributed by atoms with van der Waals surface area (Å²) in [6, 6.07) is 18.2. The second kappa shape index (κ2) is 8.89. The van der Waals surface area contributed by atoms with E-state index in [1.54, 1.807) is 6.26 Å². The van der Waals surface area contributed by atoms with E-state index >= 15 is 0 Å². The van der Waals surface area contributed by atoms with Crippen LogP contribution >= 0.6 is 24.0 Å². The number of aromatic nitrogens is 1. The summed E-state index contributed by atoms with van der Waals surface area (Å²) < 4.78 is 5.66. The summed E-state index contributed by atoms with van der Waals surface area (Å²) in [6.07, 6.45) is 1.74. The Bertz CT molecular complexity index is 869. The molecule has 2 aromatic carbocycles. The second-order valence-corrected chi connectivity index (χ2v) is 7.30. The van der Waals surface area contributed by atoms with Crippen LogP contribution in [0.3, 0.4) is 0 Å². The molecule has 4 nitrogen and oxygen atoms in total. The van der Waals surface area contributed by atoms with Crippen molar-refractivity contribution >= 4 is 24.0 Å². The molecule has 0 aliphatic carbocycles. The van der Waals surface area contributed by atoms with Crippen LogP contribution in [0, 0.1) is 5.92 Å². The van der Waals surface area contributed by atoms with Gasteiger partial charge in [0.15, 0.2) is 0 Å². The second-order valence-electron chi connectivity index (χ2n) is 6.86. The van der Waals surface area contributed by atoms with Gasteiger partial charge in [-0.3, -0.25) is 4.90 Å². The molecule has 1 aliphatic rings. The largest absolute Gasteiger partial charge is 0.444 e. The van der Waals surface area contributed by atoms with Crippen LogP contribution in [0.2, 0.25) is 5.02 Å². The zero-order valence-corrected chi connectivity index (χ0v) is 16.5. The van der Waals surface area contributed by atoms with Gasteiger partial charge in [-0.2, -0.15) is 0 Å². The molecule has 6 heteroatoms. The molecule has 0 saturated carbocycles. The molecular weight excluding hydrogens is 381 g/mol. The average Bonchev–Trinajstić information content (AvgIpc) is 3.30. The fourth-order valence-electron chi connectivity index (χ4n) is 3.77. The standard InChI is InChI=1S/C21H22ClN3O.ClH/c22-18-8-4-7-16(9-18)21-24-19(14-26-21)12-25-11-17(10-23)20(13-25)15-5-2-1-3-6-15;/h1-9,14,17,20H,10-13,23H2;1H/t17-,20+;/m1./s1. The maximum Gasteiger partial charge on any atom is 0.226 e. The highest BCUT2D eigenvalue weighted by molar-refractivity contribution is 6.30. The quantitative estimate of drug-likeness (QED) is 0.676. The van der Waals surface area contributed by atoms with Crippen molar-refractivity contribution in [3.8, 4) is 11.5 Å². The number of halogens is 2. The van der Waals surface area contributed by atoms with E-state index in [0.717, 1.165) is 30.9 Å². The first-order valence-electron chi connectivity index (χ1n) is 8.90. The van der Waals surface area contributed by atoms with Crippen molar-refractivity contribution in [2.45, 2.75) is 12.5 Å². The van der Waals surface area contributed by atoms with Crippen LogP contribution in [0.15, 0.2) is 65.3 Å². The molecule has 0 amide bonds. The topological polar surface area (TPSA) is 55.3 Å². The molecule has 1 aliphatic heterocycles. The average molecular weight is 404 g/mol. The molecule has 1 saturated heterocycles. The van der Waals surface area contributed by atoms with Crippen molar-refractivity contribution in [2.24, 2.45) is 11.7 Å². The first-order valence-corrected chi connectivity index (χ1v) is 9.28. The van der Waals surface area contributed by atoms with Gasteiger partial charge in [0.2, 0.25) is 5.89 Å². The summed E-state index contributed by atoms with van der Waals surface area (Å²) in [5.74, 6) is 1.55. The third-order valence-electron chi connectivity index (χ3n) is 5.06. The molecule has 142 valence electrons. The SMILES string of the molecule is Cl.NC[C@@H]1CN(Cc2coc(-c3cccc(Cl)c3)n2)C[C@H]1c1ccccc1. The van der Waals surface area contributed by atoms with E-state index in [-0.39, 0.29) is 12.4 Å². The Labute approximate surface area is 170 Å². The minimum atomic E-state index is 0. The van der Waals surface area contributed by atoms with Crippen LogP contribution in [-0.2, 0) is 6.54 Å². The highest BCUT2D eigenvalue weighted by Crippen LogP contribution is 2.33. The van der Waals surface area contributed by atoms with Gasteiger partial charge in [-0.25, -0.2) is 4.98 Å². The lowest BCUT2D eigenvalue weighted by Gasteiger charge is -2.16. The molecule has 3 aromatic rings. The Kier molecular flexibility index (Phi) is 6.55. The van der Waals surface area contributed by atoms with E-state index in [2.05, 4.69) is 40.2 Å². The van der Waals surface area contributed by atoms with E-state index < -0.39 is 0 Å². The number of hydrogen-bond acceptors (Lipinski definition) is 4. The zero-order chi connectivity index (χ0) is 17.9. The highest BCUT2D eigenvalue weighted by Gasteiger charge is 2.33. The summed E-state index contributed by atoms with van der Waals surface area (Å²) in [7, 11) is 0. The maximum atomic E-state index is 6.06. The number of rotatable bonds is 5. The first kappa shape index (κ1) is 19.9. The molecule has 2 N–H and O–H groups in total. The number of benzene rings is 2. The van der Waals surface area contributed by atoms with Gasteiger partial charge in [0.05, 0.1) is 5.69 Å². The smallest absolute Gasteiger partial charge is 0.226 e. The van der Waals surface area contributed by atoms with Crippen LogP contribution in [0.25, 0.3) is 11.5 Å². The van der Waals surface area contributed by atoms with Crippen LogP contribution in [0.5, 0.6) is 0 Å². The van der Waals surface area contributed by atoms with Crippen molar-refractivity contribution < 1.29 is 4.42 Å². The monoisotopic (exact) mass is 403 g/mol. The summed E-state index contributed by atoms with van der Waals surface area (Å²) >= 11 is 6.06. The molecule has 2 heterocycles. The molecule has 0 radical (unpaired) electrons. The van der Waals surface area contributed by atoms with Crippen molar-refractivity contribution in [1.82, 2.24) is 9.88 Å². The van der Waals surface area contributed by atoms with Crippen molar-refractivity contribution in [3.05, 3.63) is 77.1 Å². The van der Waals surface area contributed by atoms with Gasteiger partial charge in [0.1, 0.15) is 6.26 Å². The van der Waals surface area contributed by atoms with Gasteiger partial charge in [0, 0.05) is 36.1 Å². The number of likely N-dealkylation sites (tertiary alicyclic amines) is 1. The van der Waals surface area contributed by atoms with E-state index in [1.165, 1.54) is 5.56 Å². The molecule has 0 spiro atoms. The van der Waals surface area contributed by atoms with Gasteiger partial charge in [0.25, 0.3) is 0 Å². The predicted octanol–water partition coefficient (Wildman–Crippen LogP) is 4.59. The Morgan fingerprint density at radius 2 is 1.93 bits per heavy atom. The molecule has 0 unspecified atom stereocenters. The Morgan fingerprint density at radius 3 is 2.67 bits per heavy atom. The third kappa shape index (κ3) is 4.53. The van der Waals surface area contributed by atoms with E-state index in [1.807, 2.05) is 24.3 Å². The van der Waals surface area contributed by atoms with Gasteiger partial charge < -0.3 is 10.2 Å². The maximum absolute atomic E-state index is 6.06. The fourth-order valence-corrected chi connectivity index (χ4v) is 3.96. The predicted molar refractivity (Wildman–Crippen MR) is 111 cm³/mol. The molecule has 27 heavy (non-hydrogen) atoms. The van der Waals surface area contributed by atoms with Gasteiger partial charge in [-0.1, -0.05) is 48.0 Å². The summed E-state index contributed by atoms with van der Waals surface area (Å²) in [4.78, 5) is 7.05. The Morgan fingerprint density at radius 1 is 1.11 bits per heavy atom. The first-order chi connectivity index (χ1) is 12.7. The van der Waals surface area contributed by atoms with Crippen molar-refractivity contribution in [2.75, 3.05) is 19.6 Å². The lowest BCUT2D eigenvalue weighted by atomic mass is 9.89. The molecule has 4 rings (SSSR count). The van der Waals surface area contributed by atoms with E-state index in [0.29, 0.717) is 29.3 Å². The molecular formula is C21H23Cl2N3O. The van der Waals surface area contributed by atoms with Crippen LogP contribution in [0.4, 0.5) is 0 Å². The third-order valence-corrected chi connectivity index (χ3v) is 5.29. The van der Waals surface area contributed by atoms with Crippen LogP contribution in [-0.4, -0.2) is 29.5 Å². The summed E-state index contributed by atoms with van der Waals surface area (Å²) in [6.45, 7) is 3.44. The van der Waals surface area contributed by atoms with E-state index in [4.69, 9.17) is 21.8 Å². The number of oxazole rings is 1. The molecule has 0 bridgehead atoms. The fraction of sp³-hybridized carbons (Fsp3) is 0.286. The minimum Gasteiger partial charge on any atom is -0.444 e. The zero-order valence-electron chi connectivity index (χ0n) is 14.9. The summed E-state index contributed by atoms with van der Waals surface area (Å²) in [5, 5.41) is 0.679.